The molecule has 2 aromatic carbocycles. The standard InChI is InChI=1S/C20H14ClNO5/c21-9-3-6-18(23)25-13-8-7-12-10-14(20(24)27-17(12)11-13)19-22-15-4-1-2-5-16(15)26-19/h1-2,4-5,7-8,10-11H,3,6,9H2. The molecule has 0 amide bonds. The highest BCUT2D eigenvalue weighted by Gasteiger charge is 2.15. The number of nitrogens with zero attached hydrogens (tertiary/aromatic N) is 1. The molecule has 0 aliphatic heterocycles. The Kier molecular flexibility index (Phi) is 4.64. The Bertz CT molecular complexity index is 1160. The molecule has 0 fully saturated rings. The van der Waals surface area contributed by atoms with Crippen molar-refractivity contribution >= 4 is 39.6 Å². The molecule has 0 saturated heterocycles. The van der Waals surface area contributed by atoms with E-state index in [1.807, 2.05) is 12.1 Å². The maximum absolute atomic E-state index is 12.4. The third-order valence-corrected chi connectivity index (χ3v) is 4.25. The molecular formula is C20H14ClNO5. The first-order chi connectivity index (χ1) is 13.1. The summed E-state index contributed by atoms with van der Waals surface area (Å²) in [6, 6.07) is 13.7. The minimum atomic E-state index is -0.584. The van der Waals surface area contributed by atoms with Crippen molar-refractivity contribution in [2.75, 3.05) is 5.88 Å². The summed E-state index contributed by atoms with van der Waals surface area (Å²) in [7, 11) is 0. The van der Waals surface area contributed by atoms with E-state index in [-0.39, 0.29) is 23.8 Å². The Morgan fingerprint density at radius 1 is 1.07 bits per heavy atom. The van der Waals surface area contributed by atoms with E-state index >= 15 is 0 Å². The van der Waals surface area contributed by atoms with Crippen LogP contribution in [-0.2, 0) is 4.79 Å². The normalized spacial score (nSPS) is 11.1. The molecule has 0 aliphatic carbocycles. The first-order valence-corrected chi connectivity index (χ1v) is 8.88. The number of hydrogen-bond donors (Lipinski definition) is 0. The van der Waals surface area contributed by atoms with Crippen LogP contribution in [0.15, 0.2) is 62.2 Å². The predicted octanol–water partition coefficient (Wildman–Crippen LogP) is 4.53. The van der Waals surface area contributed by atoms with Gasteiger partial charge < -0.3 is 13.6 Å². The van der Waals surface area contributed by atoms with Gasteiger partial charge in [0, 0.05) is 23.8 Å². The van der Waals surface area contributed by atoms with Crippen molar-refractivity contribution < 1.29 is 18.4 Å². The summed E-state index contributed by atoms with van der Waals surface area (Å²) < 4.78 is 16.3. The largest absolute Gasteiger partial charge is 0.436 e. The molecule has 0 aliphatic rings. The number of oxazole rings is 1. The fourth-order valence-electron chi connectivity index (χ4n) is 2.69. The van der Waals surface area contributed by atoms with Crippen molar-refractivity contribution in [3.05, 3.63) is 59.0 Å². The fraction of sp³-hybridized carbons (Fsp3) is 0.150. The third-order valence-electron chi connectivity index (χ3n) is 3.98. The third kappa shape index (κ3) is 3.57. The van der Waals surface area contributed by atoms with E-state index in [1.165, 1.54) is 6.07 Å². The number of benzene rings is 2. The van der Waals surface area contributed by atoms with Gasteiger partial charge >= 0.3 is 11.6 Å². The SMILES string of the molecule is O=C(CCCCl)Oc1ccc2cc(-c3nc4ccccc4o3)c(=O)oc2c1. The van der Waals surface area contributed by atoms with E-state index in [1.54, 1.807) is 30.3 Å². The second kappa shape index (κ2) is 7.25. The number of hydrogen-bond acceptors (Lipinski definition) is 6. The van der Waals surface area contributed by atoms with E-state index in [2.05, 4.69) is 4.98 Å². The number of carbonyl (C=O) groups is 1. The zero-order chi connectivity index (χ0) is 18.8. The predicted molar refractivity (Wildman–Crippen MR) is 101 cm³/mol. The Balaban J connectivity index is 1.68. The van der Waals surface area contributed by atoms with Gasteiger partial charge in [-0.2, -0.15) is 0 Å². The van der Waals surface area contributed by atoms with E-state index < -0.39 is 5.63 Å². The van der Waals surface area contributed by atoms with Crippen molar-refractivity contribution in [1.82, 2.24) is 4.98 Å². The van der Waals surface area contributed by atoms with Crippen LogP contribution in [0.3, 0.4) is 0 Å². The number of aromatic nitrogens is 1. The number of rotatable bonds is 5. The van der Waals surface area contributed by atoms with Gasteiger partial charge in [-0.1, -0.05) is 12.1 Å². The molecule has 0 unspecified atom stereocenters. The van der Waals surface area contributed by atoms with Crippen LogP contribution in [-0.4, -0.2) is 16.8 Å². The number of alkyl halides is 1. The molecule has 4 rings (SSSR count). The molecule has 0 bridgehead atoms. The lowest BCUT2D eigenvalue weighted by atomic mass is 10.2. The molecule has 7 heteroatoms. The molecule has 136 valence electrons. The summed E-state index contributed by atoms with van der Waals surface area (Å²) in [5.41, 5.74) is 1.20. The highest BCUT2D eigenvalue weighted by atomic mass is 35.5. The minimum Gasteiger partial charge on any atom is -0.436 e. The lowest BCUT2D eigenvalue weighted by Crippen LogP contribution is -2.08. The van der Waals surface area contributed by atoms with Crippen LogP contribution in [0.5, 0.6) is 5.75 Å². The highest BCUT2D eigenvalue weighted by molar-refractivity contribution is 6.17. The van der Waals surface area contributed by atoms with Crippen LogP contribution >= 0.6 is 11.6 Å². The lowest BCUT2D eigenvalue weighted by Gasteiger charge is -2.05. The van der Waals surface area contributed by atoms with Crippen molar-refractivity contribution in [3.63, 3.8) is 0 Å². The lowest BCUT2D eigenvalue weighted by molar-refractivity contribution is -0.134. The second-order valence-corrected chi connectivity index (χ2v) is 6.28. The fourth-order valence-corrected chi connectivity index (χ4v) is 2.82. The van der Waals surface area contributed by atoms with E-state index in [9.17, 15) is 9.59 Å². The zero-order valence-electron chi connectivity index (χ0n) is 14.1. The van der Waals surface area contributed by atoms with E-state index in [0.29, 0.717) is 40.1 Å². The van der Waals surface area contributed by atoms with Gasteiger partial charge in [0.2, 0.25) is 5.89 Å². The van der Waals surface area contributed by atoms with Gasteiger partial charge in [-0.3, -0.25) is 4.79 Å². The van der Waals surface area contributed by atoms with Gasteiger partial charge in [0.25, 0.3) is 0 Å². The van der Waals surface area contributed by atoms with Crippen LogP contribution in [0.2, 0.25) is 0 Å². The summed E-state index contributed by atoms with van der Waals surface area (Å²) in [5.74, 6) is 0.504. The Labute approximate surface area is 158 Å². The molecule has 2 heterocycles. The number of para-hydroxylation sites is 2. The maximum Gasteiger partial charge on any atom is 0.349 e. The Hall–Kier alpha value is -3.12. The van der Waals surface area contributed by atoms with Gasteiger partial charge in [0.15, 0.2) is 5.58 Å². The van der Waals surface area contributed by atoms with Crippen LogP contribution < -0.4 is 10.4 Å². The Morgan fingerprint density at radius 3 is 2.74 bits per heavy atom. The molecule has 0 spiro atoms. The van der Waals surface area contributed by atoms with Gasteiger partial charge in [0.1, 0.15) is 22.4 Å². The van der Waals surface area contributed by atoms with Gasteiger partial charge in [-0.05, 0) is 36.8 Å². The Morgan fingerprint density at radius 2 is 1.93 bits per heavy atom. The van der Waals surface area contributed by atoms with Crippen LogP contribution in [0.4, 0.5) is 0 Å². The summed E-state index contributed by atoms with van der Waals surface area (Å²) in [6.45, 7) is 0. The topological polar surface area (TPSA) is 82.5 Å². The number of fused-ring (bicyclic) bond motifs is 2. The smallest absolute Gasteiger partial charge is 0.349 e. The van der Waals surface area contributed by atoms with Gasteiger partial charge in [0.05, 0.1) is 0 Å². The number of ether oxygens (including phenoxy) is 1. The average Bonchev–Trinajstić information content (AvgIpc) is 3.09. The molecule has 2 aromatic heterocycles. The molecule has 6 nitrogen and oxygen atoms in total. The molecular weight excluding hydrogens is 370 g/mol. The maximum atomic E-state index is 12.4. The zero-order valence-corrected chi connectivity index (χ0v) is 14.9. The van der Waals surface area contributed by atoms with Crippen molar-refractivity contribution in [2.24, 2.45) is 0 Å². The molecule has 0 atom stereocenters. The van der Waals surface area contributed by atoms with Crippen LogP contribution in [0, 0.1) is 0 Å². The minimum absolute atomic E-state index is 0.198. The highest BCUT2D eigenvalue weighted by Crippen LogP contribution is 2.26. The van der Waals surface area contributed by atoms with Crippen molar-refractivity contribution in [2.45, 2.75) is 12.8 Å². The van der Waals surface area contributed by atoms with Crippen molar-refractivity contribution in [3.8, 4) is 17.2 Å². The molecule has 0 radical (unpaired) electrons. The van der Waals surface area contributed by atoms with E-state index in [4.69, 9.17) is 25.2 Å². The molecule has 0 saturated carbocycles. The van der Waals surface area contributed by atoms with Gasteiger partial charge in [-0.15, -0.1) is 11.6 Å². The quantitative estimate of drug-likeness (QED) is 0.218. The number of halogens is 1. The first kappa shape index (κ1) is 17.3. The average molecular weight is 384 g/mol. The molecule has 0 N–H and O–H groups in total. The summed E-state index contributed by atoms with van der Waals surface area (Å²) in [5, 5.41) is 0.660. The van der Waals surface area contributed by atoms with Crippen molar-refractivity contribution in [1.29, 1.82) is 0 Å². The first-order valence-electron chi connectivity index (χ1n) is 8.34. The van der Waals surface area contributed by atoms with Gasteiger partial charge in [-0.25, -0.2) is 9.78 Å². The monoisotopic (exact) mass is 383 g/mol. The molecule has 4 aromatic rings. The van der Waals surface area contributed by atoms with Crippen LogP contribution in [0.1, 0.15) is 12.8 Å². The summed E-state index contributed by atoms with van der Waals surface area (Å²) >= 11 is 5.57. The number of esters is 1. The number of carbonyl (C=O) groups excluding carboxylic acids is 1. The second-order valence-electron chi connectivity index (χ2n) is 5.90. The summed E-state index contributed by atoms with van der Waals surface area (Å²) in [6.07, 6.45) is 0.763. The van der Waals surface area contributed by atoms with Crippen LogP contribution in [0.25, 0.3) is 33.5 Å². The molecule has 27 heavy (non-hydrogen) atoms. The van der Waals surface area contributed by atoms with E-state index in [0.717, 1.165) is 0 Å². The summed E-state index contributed by atoms with van der Waals surface area (Å²) in [4.78, 5) is 28.4.